The fraction of sp³-hybridized carbons (Fsp3) is 0.700. The first-order valence-corrected chi connectivity index (χ1v) is 5.72. The second-order valence-electron chi connectivity index (χ2n) is 4.09. The van der Waals surface area contributed by atoms with Crippen molar-refractivity contribution in [3.63, 3.8) is 0 Å². The second-order valence-corrected chi connectivity index (χ2v) is 5.18. The molecular formula is C10H16N2OS. The van der Waals surface area contributed by atoms with Crippen molar-refractivity contribution in [1.29, 1.82) is 0 Å². The summed E-state index contributed by atoms with van der Waals surface area (Å²) in [6.45, 7) is 2.50. The number of ether oxygens (including phenoxy) is 1. The molecule has 0 saturated heterocycles. The first kappa shape index (κ1) is 10.1. The molecule has 1 aromatic rings. The van der Waals surface area contributed by atoms with Gasteiger partial charge in [0.25, 0.3) is 0 Å². The van der Waals surface area contributed by atoms with Crippen LogP contribution < -0.4 is 5.73 Å². The van der Waals surface area contributed by atoms with Crippen LogP contribution in [0.1, 0.15) is 28.9 Å². The third-order valence-electron chi connectivity index (χ3n) is 2.53. The lowest BCUT2D eigenvalue weighted by atomic mass is 10.1. The first-order chi connectivity index (χ1) is 6.63. The van der Waals surface area contributed by atoms with Crippen LogP contribution >= 0.6 is 11.3 Å². The van der Waals surface area contributed by atoms with Crippen LogP contribution in [0.2, 0.25) is 0 Å². The molecule has 3 nitrogen and oxygen atoms in total. The van der Waals surface area contributed by atoms with Gasteiger partial charge < -0.3 is 10.5 Å². The summed E-state index contributed by atoms with van der Waals surface area (Å²) < 4.78 is 5.10. The van der Waals surface area contributed by atoms with E-state index in [2.05, 4.69) is 4.98 Å². The Bertz CT molecular complexity index is 311. The smallest absolute Gasteiger partial charge is 0.115 e. The number of nitrogens with two attached hydrogens (primary N) is 1. The fourth-order valence-electron chi connectivity index (χ4n) is 1.80. The lowest BCUT2D eigenvalue weighted by Crippen LogP contribution is -2.37. The molecule has 2 N–H and O–H groups in total. The van der Waals surface area contributed by atoms with Crippen LogP contribution in [0.3, 0.4) is 0 Å². The van der Waals surface area contributed by atoms with E-state index in [4.69, 9.17) is 10.5 Å². The predicted octanol–water partition coefficient (Wildman–Crippen LogP) is 1.45. The Labute approximate surface area is 88.3 Å². The highest BCUT2D eigenvalue weighted by atomic mass is 32.1. The van der Waals surface area contributed by atoms with E-state index in [-0.39, 0.29) is 0 Å². The van der Waals surface area contributed by atoms with Crippen molar-refractivity contribution in [3.05, 3.63) is 15.6 Å². The molecule has 1 aliphatic carbocycles. The molecule has 1 aliphatic rings. The van der Waals surface area contributed by atoms with Gasteiger partial charge in [-0.3, -0.25) is 0 Å². The molecule has 0 saturated carbocycles. The SMILES string of the molecule is COCC(C)(N)c1nc2c(s1)CCC2. The summed E-state index contributed by atoms with van der Waals surface area (Å²) >= 11 is 1.75. The third kappa shape index (κ3) is 1.69. The van der Waals surface area contributed by atoms with E-state index in [0.717, 1.165) is 11.4 Å². The third-order valence-corrected chi connectivity index (χ3v) is 3.97. The van der Waals surface area contributed by atoms with Gasteiger partial charge in [-0.05, 0) is 26.2 Å². The quantitative estimate of drug-likeness (QED) is 0.825. The Balaban J connectivity index is 2.24. The standard InChI is InChI=1S/C10H16N2OS/c1-10(11,6-13-2)9-12-7-4-3-5-8(7)14-9/h3-6,11H2,1-2H3. The highest BCUT2D eigenvalue weighted by Gasteiger charge is 2.28. The monoisotopic (exact) mass is 212 g/mol. The minimum atomic E-state index is -0.427. The number of thiazole rings is 1. The summed E-state index contributed by atoms with van der Waals surface area (Å²) in [6.07, 6.45) is 3.55. The molecule has 0 spiro atoms. The average Bonchev–Trinajstić information content (AvgIpc) is 2.60. The molecule has 4 heteroatoms. The molecule has 1 aromatic heterocycles. The van der Waals surface area contributed by atoms with Crippen LogP contribution in [0.15, 0.2) is 0 Å². The lowest BCUT2D eigenvalue weighted by Gasteiger charge is -2.20. The minimum absolute atomic E-state index is 0.427. The van der Waals surface area contributed by atoms with Crippen molar-refractivity contribution in [1.82, 2.24) is 4.98 Å². The number of hydrogen-bond acceptors (Lipinski definition) is 4. The maximum atomic E-state index is 6.13. The number of methoxy groups -OCH3 is 1. The van der Waals surface area contributed by atoms with Crippen molar-refractivity contribution in [2.24, 2.45) is 5.73 Å². The summed E-state index contributed by atoms with van der Waals surface area (Å²) in [5.74, 6) is 0. The predicted molar refractivity (Wildman–Crippen MR) is 57.6 cm³/mol. The average molecular weight is 212 g/mol. The molecule has 14 heavy (non-hydrogen) atoms. The van der Waals surface area contributed by atoms with Crippen LogP contribution in [0, 0.1) is 0 Å². The number of aromatic nitrogens is 1. The number of aryl methyl sites for hydroxylation is 2. The maximum absolute atomic E-state index is 6.13. The summed E-state index contributed by atoms with van der Waals surface area (Å²) in [6, 6.07) is 0. The van der Waals surface area contributed by atoms with Gasteiger partial charge in [0.2, 0.25) is 0 Å². The molecule has 2 rings (SSSR count). The van der Waals surface area contributed by atoms with Gasteiger partial charge >= 0.3 is 0 Å². The van der Waals surface area contributed by atoms with E-state index in [1.54, 1.807) is 18.4 Å². The topological polar surface area (TPSA) is 48.1 Å². The summed E-state index contributed by atoms with van der Waals surface area (Å²) in [7, 11) is 1.67. The number of hydrogen-bond donors (Lipinski definition) is 1. The van der Waals surface area contributed by atoms with Gasteiger partial charge in [0.15, 0.2) is 0 Å². The van der Waals surface area contributed by atoms with Crippen molar-refractivity contribution in [2.45, 2.75) is 31.7 Å². The molecule has 0 radical (unpaired) electrons. The van der Waals surface area contributed by atoms with Gasteiger partial charge in [-0.25, -0.2) is 4.98 Å². The van der Waals surface area contributed by atoms with Gasteiger partial charge in [0.1, 0.15) is 5.01 Å². The molecule has 1 unspecified atom stereocenters. The van der Waals surface area contributed by atoms with Crippen LogP contribution in [0.25, 0.3) is 0 Å². The van der Waals surface area contributed by atoms with Crippen molar-refractivity contribution < 1.29 is 4.74 Å². The molecule has 78 valence electrons. The second kappa shape index (κ2) is 3.61. The van der Waals surface area contributed by atoms with Crippen LogP contribution in [0.4, 0.5) is 0 Å². The van der Waals surface area contributed by atoms with Gasteiger partial charge in [-0.1, -0.05) is 0 Å². The zero-order valence-electron chi connectivity index (χ0n) is 8.67. The van der Waals surface area contributed by atoms with Gasteiger partial charge in [-0.15, -0.1) is 11.3 Å². The normalized spacial score (nSPS) is 19.4. The Morgan fingerprint density at radius 1 is 1.57 bits per heavy atom. The van der Waals surface area contributed by atoms with Crippen molar-refractivity contribution >= 4 is 11.3 Å². The highest BCUT2D eigenvalue weighted by molar-refractivity contribution is 7.12. The lowest BCUT2D eigenvalue weighted by molar-refractivity contribution is 0.141. The molecular weight excluding hydrogens is 196 g/mol. The fourth-order valence-corrected chi connectivity index (χ4v) is 2.99. The highest BCUT2D eigenvalue weighted by Crippen LogP contribution is 2.32. The van der Waals surface area contributed by atoms with Gasteiger partial charge in [0.05, 0.1) is 17.8 Å². The van der Waals surface area contributed by atoms with E-state index >= 15 is 0 Å². The van der Waals surface area contributed by atoms with Crippen LogP contribution in [0.5, 0.6) is 0 Å². The summed E-state index contributed by atoms with van der Waals surface area (Å²) in [5, 5.41) is 1.02. The van der Waals surface area contributed by atoms with E-state index in [9.17, 15) is 0 Å². The zero-order valence-corrected chi connectivity index (χ0v) is 9.49. The van der Waals surface area contributed by atoms with E-state index in [1.165, 1.54) is 23.4 Å². The Morgan fingerprint density at radius 3 is 3.00 bits per heavy atom. The molecule has 0 amide bonds. The number of nitrogens with zero attached hydrogens (tertiary/aromatic N) is 1. The van der Waals surface area contributed by atoms with Crippen LogP contribution in [-0.4, -0.2) is 18.7 Å². The largest absolute Gasteiger partial charge is 0.382 e. The maximum Gasteiger partial charge on any atom is 0.115 e. The van der Waals surface area contributed by atoms with Gasteiger partial charge in [-0.2, -0.15) is 0 Å². The molecule has 1 heterocycles. The minimum Gasteiger partial charge on any atom is -0.382 e. The van der Waals surface area contributed by atoms with E-state index in [1.807, 2.05) is 6.92 Å². The van der Waals surface area contributed by atoms with Crippen molar-refractivity contribution in [3.8, 4) is 0 Å². The molecule has 0 aromatic carbocycles. The van der Waals surface area contributed by atoms with Crippen LogP contribution in [-0.2, 0) is 23.1 Å². The molecule has 0 aliphatic heterocycles. The summed E-state index contributed by atoms with van der Waals surface area (Å²) in [5.41, 5.74) is 6.97. The molecule has 0 bridgehead atoms. The molecule has 1 atom stereocenters. The van der Waals surface area contributed by atoms with Gasteiger partial charge in [0, 0.05) is 12.0 Å². The Kier molecular flexibility index (Phi) is 2.60. The zero-order chi connectivity index (χ0) is 10.2. The molecule has 0 fully saturated rings. The number of fused-ring (bicyclic) bond motifs is 1. The summed E-state index contributed by atoms with van der Waals surface area (Å²) in [4.78, 5) is 6.02. The number of rotatable bonds is 3. The Morgan fingerprint density at radius 2 is 2.36 bits per heavy atom. The Hall–Kier alpha value is -0.450. The van der Waals surface area contributed by atoms with E-state index < -0.39 is 5.54 Å². The first-order valence-electron chi connectivity index (χ1n) is 4.90. The van der Waals surface area contributed by atoms with E-state index in [0.29, 0.717) is 6.61 Å². The van der Waals surface area contributed by atoms with Crippen molar-refractivity contribution in [2.75, 3.05) is 13.7 Å².